The van der Waals surface area contributed by atoms with Crippen molar-refractivity contribution in [3.8, 4) is 0 Å². The zero-order chi connectivity index (χ0) is 13.4. The van der Waals surface area contributed by atoms with E-state index < -0.39 is 18.8 Å². The highest BCUT2D eigenvalue weighted by Crippen LogP contribution is 2.33. The van der Waals surface area contributed by atoms with Crippen LogP contribution < -0.4 is 0 Å². The molecular weight excluding hydrogens is 238 g/mol. The van der Waals surface area contributed by atoms with Crippen molar-refractivity contribution in [1.82, 2.24) is 0 Å². The molecule has 2 atom stereocenters. The van der Waals surface area contributed by atoms with Gasteiger partial charge in [0.05, 0.1) is 0 Å². The van der Waals surface area contributed by atoms with Crippen LogP contribution in [-0.4, -0.2) is 23.9 Å². The molecule has 1 saturated carbocycles. The molecule has 0 spiro atoms. The SMILES string of the molecule is FC1CCCC(c2ccccc2)C1.O=C(O)CF. The van der Waals surface area contributed by atoms with Gasteiger partial charge in [-0.25, -0.2) is 13.6 Å². The molecule has 100 valence electrons. The maximum absolute atomic E-state index is 13.1. The van der Waals surface area contributed by atoms with Gasteiger partial charge in [0.1, 0.15) is 6.17 Å². The van der Waals surface area contributed by atoms with Crippen LogP contribution in [0, 0.1) is 0 Å². The molecule has 0 heterocycles. The van der Waals surface area contributed by atoms with E-state index in [1.165, 1.54) is 5.56 Å². The second-order valence-corrected chi connectivity index (χ2v) is 4.40. The Kier molecular flexibility index (Phi) is 6.33. The third kappa shape index (κ3) is 5.25. The molecule has 2 nitrogen and oxygen atoms in total. The van der Waals surface area contributed by atoms with E-state index in [4.69, 9.17) is 9.90 Å². The van der Waals surface area contributed by atoms with Crippen LogP contribution in [0.25, 0.3) is 0 Å². The number of carboxylic acid groups (broad SMARTS) is 1. The normalized spacial score (nSPS) is 22.8. The quantitative estimate of drug-likeness (QED) is 0.875. The molecule has 2 rings (SSSR count). The summed E-state index contributed by atoms with van der Waals surface area (Å²) in [6.07, 6.45) is 3.12. The van der Waals surface area contributed by atoms with Crippen LogP contribution >= 0.6 is 0 Å². The highest BCUT2D eigenvalue weighted by atomic mass is 19.1. The molecule has 0 radical (unpaired) electrons. The van der Waals surface area contributed by atoms with Gasteiger partial charge in [0.15, 0.2) is 6.67 Å². The standard InChI is InChI=1S/C12H15F.C2H3FO2/c13-12-8-4-7-11(9-12)10-5-2-1-3-6-10;3-1-2(4)5/h1-3,5-6,11-12H,4,7-9H2;1H2,(H,4,5). The fourth-order valence-corrected chi connectivity index (χ4v) is 2.16. The second-order valence-electron chi connectivity index (χ2n) is 4.40. The molecule has 0 aliphatic heterocycles. The smallest absolute Gasteiger partial charge is 0.335 e. The lowest BCUT2D eigenvalue weighted by Gasteiger charge is -2.24. The van der Waals surface area contributed by atoms with Gasteiger partial charge in [-0.05, 0) is 37.2 Å². The van der Waals surface area contributed by atoms with Crippen molar-refractivity contribution in [3.05, 3.63) is 35.9 Å². The molecule has 2 unspecified atom stereocenters. The van der Waals surface area contributed by atoms with Gasteiger partial charge in [-0.1, -0.05) is 30.3 Å². The summed E-state index contributed by atoms with van der Waals surface area (Å²) in [6, 6.07) is 10.3. The minimum absolute atomic E-state index is 0.463. The van der Waals surface area contributed by atoms with E-state index >= 15 is 0 Å². The van der Waals surface area contributed by atoms with E-state index in [1.54, 1.807) is 0 Å². The van der Waals surface area contributed by atoms with Crippen molar-refractivity contribution in [1.29, 1.82) is 0 Å². The Balaban J connectivity index is 0.000000280. The highest BCUT2D eigenvalue weighted by molar-refractivity contribution is 5.67. The van der Waals surface area contributed by atoms with Crippen molar-refractivity contribution in [2.45, 2.75) is 37.8 Å². The molecule has 4 heteroatoms. The maximum atomic E-state index is 13.1. The summed E-state index contributed by atoms with van der Waals surface area (Å²) in [7, 11) is 0. The number of alkyl halides is 2. The van der Waals surface area contributed by atoms with E-state index in [-0.39, 0.29) is 0 Å². The van der Waals surface area contributed by atoms with E-state index in [2.05, 4.69) is 12.1 Å². The van der Waals surface area contributed by atoms with Gasteiger partial charge in [0.2, 0.25) is 0 Å². The van der Waals surface area contributed by atoms with Crippen LogP contribution in [0.5, 0.6) is 0 Å². The molecule has 18 heavy (non-hydrogen) atoms. The molecule has 0 saturated heterocycles. The van der Waals surface area contributed by atoms with Gasteiger partial charge in [-0.15, -0.1) is 0 Å². The van der Waals surface area contributed by atoms with Gasteiger partial charge in [-0.3, -0.25) is 0 Å². The Morgan fingerprint density at radius 1 is 1.28 bits per heavy atom. The topological polar surface area (TPSA) is 37.3 Å². The van der Waals surface area contributed by atoms with E-state index in [0.29, 0.717) is 5.92 Å². The summed E-state index contributed by atoms with van der Waals surface area (Å²) in [6.45, 7) is -1.28. The Morgan fingerprint density at radius 2 is 1.89 bits per heavy atom. The first kappa shape index (κ1) is 14.6. The summed E-state index contributed by atoms with van der Waals surface area (Å²) in [5.41, 5.74) is 1.31. The van der Waals surface area contributed by atoms with E-state index in [0.717, 1.165) is 25.7 Å². The summed E-state index contributed by atoms with van der Waals surface area (Å²) < 4.78 is 23.6. The lowest BCUT2D eigenvalue weighted by Crippen LogP contribution is -2.14. The minimum atomic E-state index is -1.41. The number of hydrogen-bond acceptors (Lipinski definition) is 1. The number of benzene rings is 1. The molecule has 1 aliphatic carbocycles. The molecule has 0 amide bonds. The van der Waals surface area contributed by atoms with Gasteiger partial charge in [-0.2, -0.15) is 0 Å². The zero-order valence-corrected chi connectivity index (χ0v) is 10.2. The molecule has 1 aromatic carbocycles. The first-order valence-electron chi connectivity index (χ1n) is 6.10. The number of hydrogen-bond donors (Lipinski definition) is 1. The molecule has 1 N–H and O–H groups in total. The third-order valence-electron chi connectivity index (χ3n) is 3.00. The van der Waals surface area contributed by atoms with E-state index in [1.807, 2.05) is 18.2 Å². The maximum Gasteiger partial charge on any atom is 0.335 e. The van der Waals surface area contributed by atoms with Crippen LogP contribution in [-0.2, 0) is 4.79 Å². The molecule has 1 aromatic rings. The van der Waals surface area contributed by atoms with Gasteiger partial charge >= 0.3 is 5.97 Å². The monoisotopic (exact) mass is 256 g/mol. The molecular formula is C14H18F2O2. The Hall–Kier alpha value is -1.45. The first-order valence-corrected chi connectivity index (χ1v) is 6.10. The fourth-order valence-electron chi connectivity index (χ4n) is 2.16. The summed E-state index contributed by atoms with van der Waals surface area (Å²) >= 11 is 0. The zero-order valence-electron chi connectivity index (χ0n) is 10.2. The van der Waals surface area contributed by atoms with Gasteiger partial charge < -0.3 is 5.11 Å². The minimum Gasteiger partial charge on any atom is -0.479 e. The summed E-state index contributed by atoms with van der Waals surface area (Å²) in [5.74, 6) is -0.949. The molecule has 0 aromatic heterocycles. The Bertz CT molecular complexity index is 354. The number of carbonyl (C=O) groups is 1. The summed E-state index contributed by atoms with van der Waals surface area (Å²) in [5, 5.41) is 7.35. The van der Waals surface area contributed by atoms with Crippen LogP contribution in [0.1, 0.15) is 37.2 Å². The Labute approximate surface area is 106 Å². The number of aliphatic carboxylic acids is 1. The molecule has 1 aliphatic rings. The van der Waals surface area contributed by atoms with E-state index in [9.17, 15) is 8.78 Å². The van der Waals surface area contributed by atoms with Crippen molar-refractivity contribution in [2.24, 2.45) is 0 Å². The molecule has 0 bridgehead atoms. The lowest BCUT2D eigenvalue weighted by molar-refractivity contribution is -0.137. The number of carboxylic acids is 1. The van der Waals surface area contributed by atoms with Crippen LogP contribution in [0.2, 0.25) is 0 Å². The van der Waals surface area contributed by atoms with Crippen molar-refractivity contribution >= 4 is 5.97 Å². The fraction of sp³-hybridized carbons (Fsp3) is 0.500. The van der Waals surface area contributed by atoms with Crippen LogP contribution in [0.4, 0.5) is 8.78 Å². The second kappa shape index (κ2) is 7.80. The molecule has 1 fully saturated rings. The average molecular weight is 256 g/mol. The number of rotatable bonds is 2. The third-order valence-corrected chi connectivity index (χ3v) is 3.00. The van der Waals surface area contributed by atoms with Crippen molar-refractivity contribution in [3.63, 3.8) is 0 Å². The average Bonchev–Trinajstić information content (AvgIpc) is 2.40. The van der Waals surface area contributed by atoms with Crippen molar-refractivity contribution < 1.29 is 18.7 Å². The first-order chi connectivity index (χ1) is 8.63. The largest absolute Gasteiger partial charge is 0.479 e. The van der Waals surface area contributed by atoms with Crippen LogP contribution in [0.15, 0.2) is 30.3 Å². The highest BCUT2D eigenvalue weighted by Gasteiger charge is 2.22. The predicted molar refractivity (Wildman–Crippen MR) is 66.2 cm³/mol. The van der Waals surface area contributed by atoms with Gasteiger partial charge in [0, 0.05) is 0 Å². The van der Waals surface area contributed by atoms with Crippen molar-refractivity contribution in [2.75, 3.05) is 6.67 Å². The summed E-state index contributed by atoms with van der Waals surface area (Å²) in [4.78, 5) is 8.99. The number of halogens is 2. The lowest BCUT2D eigenvalue weighted by atomic mass is 9.83. The predicted octanol–water partition coefficient (Wildman–Crippen LogP) is 3.72. The Morgan fingerprint density at radius 3 is 2.39 bits per heavy atom. The van der Waals surface area contributed by atoms with Crippen LogP contribution in [0.3, 0.4) is 0 Å². The van der Waals surface area contributed by atoms with Gasteiger partial charge in [0.25, 0.3) is 0 Å².